The fourth-order valence-corrected chi connectivity index (χ4v) is 3.12. The molecule has 8 heteroatoms. The molecule has 28 heavy (non-hydrogen) atoms. The van der Waals surface area contributed by atoms with Gasteiger partial charge < -0.3 is 29.7 Å². The molecule has 1 saturated heterocycles. The number of anilines is 2. The summed E-state index contributed by atoms with van der Waals surface area (Å²) < 4.78 is 15.9. The molecule has 150 valence electrons. The molecule has 0 radical (unpaired) electrons. The van der Waals surface area contributed by atoms with E-state index in [1.54, 1.807) is 19.1 Å². The van der Waals surface area contributed by atoms with Gasteiger partial charge in [0, 0.05) is 49.4 Å². The molecule has 8 nitrogen and oxygen atoms in total. The number of pyridine rings is 1. The van der Waals surface area contributed by atoms with Crippen molar-refractivity contribution in [1.82, 2.24) is 9.88 Å². The minimum absolute atomic E-state index is 0.243. The maximum Gasteiger partial charge on any atom is 0.410 e. The van der Waals surface area contributed by atoms with Gasteiger partial charge in [-0.05, 0) is 18.6 Å². The van der Waals surface area contributed by atoms with E-state index in [-0.39, 0.29) is 12.7 Å². The van der Waals surface area contributed by atoms with Crippen LogP contribution in [0.1, 0.15) is 6.92 Å². The van der Waals surface area contributed by atoms with Gasteiger partial charge in [-0.3, -0.25) is 0 Å². The summed E-state index contributed by atoms with van der Waals surface area (Å²) in [6.45, 7) is 8.21. The summed E-state index contributed by atoms with van der Waals surface area (Å²) in [5, 5.41) is 0.809. The van der Waals surface area contributed by atoms with E-state index in [2.05, 4.69) is 11.5 Å². The first-order valence-electron chi connectivity index (χ1n) is 9.06. The lowest BCUT2D eigenvalue weighted by Gasteiger charge is -2.35. The SMILES string of the molecule is C=C(C)COC(=O)N1CCN(c2cc(N)c3cc(OC)c(OC)cc3n2)CC1. The molecule has 1 aliphatic heterocycles. The molecule has 0 atom stereocenters. The van der Waals surface area contributed by atoms with Crippen molar-refractivity contribution < 1.29 is 19.0 Å². The molecule has 1 aliphatic rings. The smallest absolute Gasteiger partial charge is 0.410 e. The van der Waals surface area contributed by atoms with Crippen LogP contribution in [0, 0.1) is 0 Å². The maximum absolute atomic E-state index is 12.1. The Morgan fingerprint density at radius 2 is 1.79 bits per heavy atom. The molecule has 0 unspecified atom stereocenters. The van der Waals surface area contributed by atoms with Gasteiger partial charge in [-0.15, -0.1) is 0 Å². The van der Waals surface area contributed by atoms with E-state index >= 15 is 0 Å². The van der Waals surface area contributed by atoms with Crippen LogP contribution < -0.4 is 20.1 Å². The van der Waals surface area contributed by atoms with Crippen molar-refractivity contribution in [2.75, 3.05) is 57.6 Å². The van der Waals surface area contributed by atoms with Crippen molar-refractivity contribution in [3.63, 3.8) is 0 Å². The van der Waals surface area contributed by atoms with Crippen molar-refractivity contribution >= 4 is 28.5 Å². The Balaban J connectivity index is 1.76. The third kappa shape index (κ3) is 4.05. The normalized spacial score (nSPS) is 14.1. The maximum atomic E-state index is 12.1. The number of fused-ring (bicyclic) bond motifs is 1. The number of nitrogens with zero attached hydrogens (tertiary/aromatic N) is 3. The number of amides is 1. The molecule has 2 aromatic rings. The summed E-state index contributed by atoms with van der Waals surface area (Å²) >= 11 is 0. The van der Waals surface area contributed by atoms with Crippen LogP contribution in [0.15, 0.2) is 30.4 Å². The van der Waals surface area contributed by atoms with Gasteiger partial charge in [0.25, 0.3) is 0 Å². The third-order valence-corrected chi connectivity index (χ3v) is 4.64. The highest BCUT2D eigenvalue weighted by Crippen LogP contribution is 2.35. The van der Waals surface area contributed by atoms with E-state index in [4.69, 9.17) is 24.9 Å². The quantitative estimate of drug-likeness (QED) is 0.790. The molecule has 1 amide bonds. The third-order valence-electron chi connectivity index (χ3n) is 4.64. The molecular formula is C20H26N4O4. The van der Waals surface area contributed by atoms with Crippen molar-refractivity contribution in [3.8, 4) is 11.5 Å². The van der Waals surface area contributed by atoms with E-state index in [1.807, 2.05) is 25.1 Å². The van der Waals surface area contributed by atoms with Crippen molar-refractivity contribution in [1.29, 1.82) is 0 Å². The van der Waals surface area contributed by atoms with Gasteiger partial charge in [0.1, 0.15) is 12.4 Å². The number of carbonyl (C=O) groups excluding carboxylic acids is 1. The first kappa shape index (κ1) is 19.6. The monoisotopic (exact) mass is 386 g/mol. The number of nitrogen functional groups attached to an aromatic ring is 1. The summed E-state index contributed by atoms with van der Waals surface area (Å²) in [6.07, 6.45) is -0.314. The Bertz CT molecular complexity index is 891. The van der Waals surface area contributed by atoms with Crippen LogP contribution in [0.3, 0.4) is 0 Å². The average molecular weight is 386 g/mol. The van der Waals surface area contributed by atoms with Gasteiger partial charge in [-0.2, -0.15) is 0 Å². The van der Waals surface area contributed by atoms with Crippen molar-refractivity contribution in [2.45, 2.75) is 6.92 Å². The van der Waals surface area contributed by atoms with Crippen LogP contribution in [-0.4, -0.2) is 63.0 Å². The molecule has 1 aromatic heterocycles. The molecule has 0 saturated carbocycles. The highest BCUT2D eigenvalue weighted by molar-refractivity contribution is 5.94. The standard InChI is InChI=1S/C20H26N4O4/c1-13(2)12-28-20(25)24-7-5-23(6-8-24)19-10-15(21)14-9-17(26-3)18(27-4)11-16(14)22-19/h9-11H,1,5-8,12H2,2-4H3,(H2,21,22). The second-order valence-electron chi connectivity index (χ2n) is 6.78. The van der Waals surface area contributed by atoms with E-state index in [9.17, 15) is 4.79 Å². The average Bonchev–Trinajstić information content (AvgIpc) is 2.71. The number of carbonyl (C=O) groups is 1. The zero-order valence-electron chi connectivity index (χ0n) is 16.5. The zero-order valence-corrected chi connectivity index (χ0v) is 16.5. The number of piperazine rings is 1. The first-order valence-corrected chi connectivity index (χ1v) is 9.06. The van der Waals surface area contributed by atoms with Gasteiger partial charge in [0.2, 0.25) is 0 Å². The van der Waals surface area contributed by atoms with Gasteiger partial charge in [0.05, 0.1) is 19.7 Å². The molecular weight excluding hydrogens is 360 g/mol. The number of methoxy groups -OCH3 is 2. The van der Waals surface area contributed by atoms with Gasteiger partial charge in [0.15, 0.2) is 11.5 Å². The summed E-state index contributed by atoms with van der Waals surface area (Å²) in [7, 11) is 3.17. The topological polar surface area (TPSA) is 90.2 Å². The number of aromatic nitrogens is 1. The highest BCUT2D eigenvalue weighted by atomic mass is 16.6. The largest absolute Gasteiger partial charge is 0.493 e. The molecule has 1 fully saturated rings. The molecule has 1 aromatic carbocycles. The minimum Gasteiger partial charge on any atom is -0.493 e. The summed E-state index contributed by atoms with van der Waals surface area (Å²) in [6, 6.07) is 5.50. The van der Waals surface area contributed by atoms with E-state index in [1.165, 1.54) is 0 Å². The van der Waals surface area contributed by atoms with Gasteiger partial charge in [-0.1, -0.05) is 6.58 Å². The molecule has 2 N–H and O–H groups in total. The molecule has 3 rings (SSSR count). The summed E-state index contributed by atoms with van der Waals surface area (Å²) in [5.41, 5.74) is 8.43. The summed E-state index contributed by atoms with van der Waals surface area (Å²) in [4.78, 5) is 20.6. The number of ether oxygens (including phenoxy) is 3. The lowest BCUT2D eigenvalue weighted by Crippen LogP contribution is -2.49. The van der Waals surface area contributed by atoms with Crippen LogP contribution in [0.4, 0.5) is 16.3 Å². The highest BCUT2D eigenvalue weighted by Gasteiger charge is 2.23. The fraction of sp³-hybridized carbons (Fsp3) is 0.400. The Morgan fingerprint density at radius 3 is 2.39 bits per heavy atom. The predicted molar refractivity (Wildman–Crippen MR) is 109 cm³/mol. The zero-order chi connectivity index (χ0) is 20.3. The first-order chi connectivity index (χ1) is 13.4. The predicted octanol–water partition coefficient (Wildman–Crippen LogP) is 2.67. The number of hydrogen-bond acceptors (Lipinski definition) is 7. The Morgan fingerprint density at radius 1 is 1.14 bits per heavy atom. The minimum atomic E-state index is -0.314. The number of nitrogens with two attached hydrogens (primary N) is 1. The molecule has 0 bridgehead atoms. The van der Waals surface area contributed by atoms with Crippen LogP contribution in [0.25, 0.3) is 10.9 Å². The second kappa shape index (κ2) is 8.24. The van der Waals surface area contributed by atoms with Crippen LogP contribution in [0.2, 0.25) is 0 Å². The van der Waals surface area contributed by atoms with Crippen LogP contribution in [-0.2, 0) is 4.74 Å². The molecule has 0 spiro atoms. The molecule has 2 heterocycles. The number of hydrogen-bond donors (Lipinski definition) is 1. The lowest BCUT2D eigenvalue weighted by molar-refractivity contribution is 0.108. The Labute approximate surface area is 164 Å². The number of benzene rings is 1. The van der Waals surface area contributed by atoms with Crippen molar-refractivity contribution in [2.24, 2.45) is 0 Å². The van der Waals surface area contributed by atoms with Crippen LogP contribution in [0.5, 0.6) is 11.5 Å². The van der Waals surface area contributed by atoms with Gasteiger partial charge >= 0.3 is 6.09 Å². The van der Waals surface area contributed by atoms with E-state index < -0.39 is 0 Å². The second-order valence-corrected chi connectivity index (χ2v) is 6.78. The van der Waals surface area contributed by atoms with E-state index in [0.29, 0.717) is 43.4 Å². The number of rotatable bonds is 5. The Hall–Kier alpha value is -3.16. The van der Waals surface area contributed by atoms with Gasteiger partial charge in [-0.25, -0.2) is 9.78 Å². The van der Waals surface area contributed by atoms with Crippen LogP contribution >= 0.6 is 0 Å². The molecule has 0 aliphatic carbocycles. The summed E-state index contributed by atoms with van der Waals surface area (Å²) in [5.74, 6) is 1.98. The van der Waals surface area contributed by atoms with E-state index in [0.717, 1.165) is 22.3 Å². The Kier molecular flexibility index (Phi) is 5.77. The fourth-order valence-electron chi connectivity index (χ4n) is 3.12. The lowest BCUT2D eigenvalue weighted by atomic mass is 10.1. The van der Waals surface area contributed by atoms with Crippen molar-refractivity contribution in [3.05, 3.63) is 30.4 Å².